The fraction of sp³-hybridized carbons (Fsp3) is 0.133. The lowest BCUT2D eigenvalue weighted by atomic mass is 10.1. The van der Waals surface area contributed by atoms with Crippen LogP contribution >= 0.6 is 0 Å². The Morgan fingerprint density at radius 2 is 1.81 bits per heavy atom. The van der Waals surface area contributed by atoms with E-state index in [1.54, 1.807) is 37.3 Å². The molecule has 0 aromatic heterocycles. The third kappa shape index (κ3) is 3.43. The van der Waals surface area contributed by atoms with E-state index in [4.69, 9.17) is 0 Å². The summed E-state index contributed by atoms with van der Waals surface area (Å²) in [5.41, 5.74) is 0.985. The molecule has 0 fully saturated rings. The summed E-state index contributed by atoms with van der Waals surface area (Å²) in [6.07, 6.45) is -0.593. The second-order valence-electron chi connectivity index (χ2n) is 4.53. The number of aliphatic hydroxyl groups is 1. The molecule has 0 aliphatic rings. The highest BCUT2D eigenvalue weighted by Gasteiger charge is 2.19. The molecule has 0 aliphatic carbocycles. The predicted octanol–water partition coefficient (Wildman–Crippen LogP) is 2.90. The number of anilines is 1. The molecule has 2 aromatic carbocycles. The summed E-state index contributed by atoms with van der Waals surface area (Å²) in [7, 11) is 0. The summed E-state index contributed by atoms with van der Waals surface area (Å²) < 4.78 is 0. The van der Waals surface area contributed by atoms with E-state index in [9.17, 15) is 20.0 Å². The van der Waals surface area contributed by atoms with Crippen molar-refractivity contribution in [1.82, 2.24) is 0 Å². The van der Waals surface area contributed by atoms with Crippen LogP contribution in [0.5, 0.6) is 0 Å². The van der Waals surface area contributed by atoms with Crippen LogP contribution in [-0.2, 0) is 0 Å². The van der Waals surface area contributed by atoms with Gasteiger partial charge in [0.15, 0.2) is 0 Å². The smallest absolute Gasteiger partial charge is 0.282 e. The first-order valence-electron chi connectivity index (χ1n) is 6.32. The summed E-state index contributed by atoms with van der Waals surface area (Å²) in [4.78, 5) is 22.4. The van der Waals surface area contributed by atoms with Crippen molar-refractivity contribution in [3.8, 4) is 0 Å². The van der Waals surface area contributed by atoms with Gasteiger partial charge in [-0.2, -0.15) is 0 Å². The largest absolute Gasteiger partial charge is 0.389 e. The number of hydrogen-bond acceptors (Lipinski definition) is 4. The number of nitrogens with zero attached hydrogens (tertiary/aromatic N) is 1. The number of hydrogen-bond donors (Lipinski definition) is 2. The molecule has 2 N–H and O–H groups in total. The quantitative estimate of drug-likeness (QED) is 0.667. The number of carbonyl (C=O) groups is 1. The molecule has 0 spiro atoms. The summed E-state index contributed by atoms with van der Waals surface area (Å²) >= 11 is 0. The number of aliphatic hydroxyl groups excluding tert-OH is 1. The normalized spacial score (nSPS) is 11.7. The van der Waals surface area contributed by atoms with Crippen molar-refractivity contribution in [2.24, 2.45) is 0 Å². The van der Waals surface area contributed by atoms with Gasteiger partial charge < -0.3 is 10.4 Å². The van der Waals surface area contributed by atoms with Gasteiger partial charge in [-0.1, -0.05) is 24.3 Å². The Bertz CT molecular complexity index is 666. The molecule has 1 amide bonds. The van der Waals surface area contributed by atoms with Crippen LogP contribution in [0, 0.1) is 10.1 Å². The van der Waals surface area contributed by atoms with Gasteiger partial charge >= 0.3 is 0 Å². The number of nitro benzene ring substituents is 1. The molecular weight excluding hydrogens is 272 g/mol. The standard InChI is InChI=1S/C15H14N2O4/c1-10(18)11-6-8-12(9-7-11)16-15(19)13-4-2-3-5-14(13)17(20)21/h2-10,18H,1H3,(H,16,19)/t10-/m0/s1. The van der Waals surface area contributed by atoms with E-state index >= 15 is 0 Å². The van der Waals surface area contributed by atoms with Gasteiger partial charge in [-0.15, -0.1) is 0 Å². The Kier molecular flexibility index (Phi) is 4.30. The minimum absolute atomic E-state index is 0.00195. The van der Waals surface area contributed by atoms with Crippen molar-refractivity contribution < 1.29 is 14.8 Å². The number of nitro groups is 1. The van der Waals surface area contributed by atoms with Crippen molar-refractivity contribution in [3.05, 3.63) is 69.8 Å². The molecular formula is C15H14N2O4. The second kappa shape index (κ2) is 6.15. The number of carbonyl (C=O) groups excluding carboxylic acids is 1. The molecule has 2 aromatic rings. The summed E-state index contributed by atoms with van der Waals surface area (Å²) in [6, 6.07) is 12.4. The molecule has 0 heterocycles. The van der Waals surface area contributed by atoms with Crippen molar-refractivity contribution in [1.29, 1.82) is 0 Å². The van der Waals surface area contributed by atoms with Gasteiger partial charge in [0, 0.05) is 11.8 Å². The number of benzene rings is 2. The number of amides is 1. The van der Waals surface area contributed by atoms with E-state index in [0.717, 1.165) is 5.56 Å². The molecule has 1 atom stereocenters. The Morgan fingerprint density at radius 1 is 1.19 bits per heavy atom. The number of para-hydroxylation sites is 1. The van der Waals surface area contributed by atoms with Gasteiger partial charge in [0.05, 0.1) is 11.0 Å². The summed E-state index contributed by atoms with van der Waals surface area (Å²) in [5.74, 6) is -0.549. The van der Waals surface area contributed by atoms with Crippen LogP contribution in [0.1, 0.15) is 28.9 Å². The zero-order chi connectivity index (χ0) is 15.4. The second-order valence-corrected chi connectivity index (χ2v) is 4.53. The van der Waals surface area contributed by atoms with E-state index in [1.165, 1.54) is 18.2 Å². The van der Waals surface area contributed by atoms with Gasteiger partial charge in [0.1, 0.15) is 5.56 Å². The lowest BCUT2D eigenvalue weighted by Crippen LogP contribution is -2.13. The minimum Gasteiger partial charge on any atom is -0.389 e. The summed E-state index contributed by atoms with van der Waals surface area (Å²) in [6.45, 7) is 1.64. The van der Waals surface area contributed by atoms with Gasteiger partial charge in [-0.25, -0.2) is 0 Å². The van der Waals surface area contributed by atoms with Crippen LogP contribution in [0.25, 0.3) is 0 Å². The molecule has 0 saturated carbocycles. The van der Waals surface area contributed by atoms with Crippen molar-refractivity contribution in [3.63, 3.8) is 0 Å². The molecule has 0 radical (unpaired) electrons. The molecule has 0 unspecified atom stereocenters. The van der Waals surface area contributed by atoms with E-state index in [0.29, 0.717) is 5.69 Å². The highest BCUT2D eigenvalue weighted by molar-refractivity contribution is 6.07. The predicted molar refractivity (Wildman–Crippen MR) is 78.1 cm³/mol. The number of rotatable bonds is 4. The highest BCUT2D eigenvalue weighted by Crippen LogP contribution is 2.20. The van der Waals surface area contributed by atoms with Gasteiger partial charge in [0.25, 0.3) is 11.6 Å². The Balaban J connectivity index is 2.20. The monoisotopic (exact) mass is 286 g/mol. The first-order chi connectivity index (χ1) is 9.99. The van der Waals surface area contributed by atoms with Crippen molar-refractivity contribution in [2.45, 2.75) is 13.0 Å². The van der Waals surface area contributed by atoms with Crippen LogP contribution in [0.4, 0.5) is 11.4 Å². The van der Waals surface area contributed by atoms with E-state index in [1.807, 2.05) is 0 Å². The Hall–Kier alpha value is -2.73. The first-order valence-corrected chi connectivity index (χ1v) is 6.32. The van der Waals surface area contributed by atoms with Crippen LogP contribution in [0.3, 0.4) is 0 Å². The first kappa shape index (κ1) is 14.7. The molecule has 6 nitrogen and oxygen atoms in total. The van der Waals surface area contributed by atoms with E-state index in [-0.39, 0.29) is 11.3 Å². The molecule has 0 saturated heterocycles. The average molecular weight is 286 g/mol. The molecule has 2 rings (SSSR count). The van der Waals surface area contributed by atoms with Crippen molar-refractivity contribution >= 4 is 17.3 Å². The van der Waals surface area contributed by atoms with Crippen LogP contribution in [0.15, 0.2) is 48.5 Å². The molecule has 6 heteroatoms. The Morgan fingerprint density at radius 3 is 2.38 bits per heavy atom. The summed E-state index contributed by atoms with van der Waals surface area (Å²) in [5, 5.41) is 22.9. The average Bonchev–Trinajstić information content (AvgIpc) is 2.47. The maximum absolute atomic E-state index is 12.1. The van der Waals surface area contributed by atoms with Gasteiger partial charge in [0.2, 0.25) is 0 Å². The number of nitrogens with one attached hydrogen (secondary N) is 1. The van der Waals surface area contributed by atoms with E-state index < -0.39 is 16.9 Å². The van der Waals surface area contributed by atoms with Gasteiger partial charge in [-0.05, 0) is 30.7 Å². The van der Waals surface area contributed by atoms with Gasteiger partial charge in [-0.3, -0.25) is 14.9 Å². The molecule has 21 heavy (non-hydrogen) atoms. The third-order valence-electron chi connectivity index (χ3n) is 3.00. The zero-order valence-electron chi connectivity index (χ0n) is 11.3. The lowest BCUT2D eigenvalue weighted by Gasteiger charge is -2.08. The van der Waals surface area contributed by atoms with Crippen LogP contribution in [0.2, 0.25) is 0 Å². The molecule has 0 bridgehead atoms. The topological polar surface area (TPSA) is 92.5 Å². The fourth-order valence-corrected chi connectivity index (χ4v) is 1.87. The minimum atomic E-state index is -0.593. The van der Waals surface area contributed by atoms with Crippen LogP contribution < -0.4 is 5.32 Å². The lowest BCUT2D eigenvalue weighted by molar-refractivity contribution is -0.385. The maximum Gasteiger partial charge on any atom is 0.282 e. The maximum atomic E-state index is 12.1. The molecule has 108 valence electrons. The Labute approximate surface area is 121 Å². The highest BCUT2D eigenvalue weighted by atomic mass is 16.6. The van der Waals surface area contributed by atoms with Crippen molar-refractivity contribution in [2.75, 3.05) is 5.32 Å². The third-order valence-corrected chi connectivity index (χ3v) is 3.00. The zero-order valence-corrected chi connectivity index (χ0v) is 11.3. The fourth-order valence-electron chi connectivity index (χ4n) is 1.87. The SMILES string of the molecule is C[C@H](O)c1ccc(NC(=O)c2ccccc2[N+](=O)[O-])cc1. The van der Waals surface area contributed by atoms with Crippen LogP contribution in [-0.4, -0.2) is 15.9 Å². The van der Waals surface area contributed by atoms with E-state index in [2.05, 4.69) is 5.32 Å². The molecule has 0 aliphatic heterocycles.